The monoisotopic (exact) mass is 282 g/mol. The van der Waals surface area contributed by atoms with Gasteiger partial charge in [0.1, 0.15) is 0 Å². The second kappa shape index (κ2) is 3.24. The first-order valence-corrected chi connectivity index (χ1v) is 4.69. The van der Waals surface area contributed by atoms with Crippen molar-refractivity contribution in [2.24, 2.45) is 0 Å². The zero-order chi connectivity index (χ0) is 7.72. The van der Waals surface area contributed by atoms with Crippen LogP contribution in [0.25, 0.3) is 0 Å². The molecule has 0 fully saturated rings. The first-order valence-electron chi connectivity index (χ1n) is 2.73. The summed E-state index contributed by atoms with van der Waals surface area (Å²) in [5, 5.41) is 0.773. The molecule has 0 aliphatic carbocycles. The quantitative estimate of drug-likeness (QED) is 0.627. The Bertz CT molecular complexity index is 231. The molecule has 3 heteroatoms. The van der Waals surface area contributed by atoms with Crippen molar-refractivity contribution in [3.05, 3.63) is 31.7 Å². The fourth-order valence-electron chi connectivity index (χ4n) is 0.622. The van der Waals surface area contributed by atoms with E-state index in [-0.39, 0.29) is 0 Å². The normalized spacial score (nSPS) is 10.0. The highest BCUT2D eigenvalue weighted by Crippen LogP contribution is 2.32. The van der Waals surface area contributed by atoms with Crippen molar-refractivity contribution < 1.29 is 0 Å². The predicted octanol–water partition coefficient (Wildman–Crippen LogP) is 4.17. The van der Waals surface area contributed by atoms with Crippen LogP contribution in [0.4, 0.5) is 0 Å². The van der Waals surface area contributed by atoms with E-state index in [0.29, 0.717) is 0 Å². The molecule has 1 aromatic rings. The number of hydrogen-bond acceptors (Lipinski definition) is 0. The Kier molecular flexibility index (Phi) is 2.78. The van der Waals surface area contributed by atoms with E-state index in [1.165, 1.54) is 0 Å². The van der Waals surface area contributed by atoms with Gasteiger partial charge in [-0.15, -0.1) is 0 Å². The maximum atomic E-state index is 5.91. The van der Waals surface area contributed by atoms with Crippen LogP contribution in [0.2, 0.25) is 5.02 Å². The minimum absolute atomic E-state index is 0.773. The van der Waals surface area contributed by atoms with Gasteiger partial charge in [0.25, 0.3) is 0 Å². The van der Waals surface area contributed by atoms with Gasteiger partial charge in [-0.25, -0.2) is 0 Å². The van der Waals surface area contributed by atoms with E-state index in [1.54, 1.807) is 0 Å². The van der Waals surface area contributed by atoms with Crippen LogP contribution >= 0.6 is 43.5 Å². The average molecular weight is 284 g/mol. The van der Waals surface area contributed by atoms with Crippen molar-refractivity contribution in [1.29, 1.82) is 0 Å². The number of benzene rings is 1. The fraction of sp³-hybridized carbons (Fsp3) is 0.143. The second-order valence-electron chi connectivity index (χ2n) is 1.99. The Balaban J connectivity index is 3.34. The Morgan fingerprint density at radius 3 is 2.40 bits per heavy atom. The first kappa shape index (κ1) is 8.57. The lowest BCUT2D eigenvalue weighted by Gasteiger charge is -2.01. The van der Waals surface area contributed by atoms with Gasteiger partial charge in [0.15, 0.2) is 0 Å². The van der Waals surface area contributed by atoms with E-state index in [9.17, 15) is 0 Å². The van der Waals surface area contributed by atoms with Gasteiger partial charge in [-0.2, -0.15) is 0 Å². The van der Waals surface area contributed by atoms with Gasteiger partial charge in [-0.05, 0) is 50.4 Å². The summed E-state index contributed by atoms with van der Waals surface area (Å²) >= 11 is 12.6. The Labute approximate surface area is 81.8 Å². The van der Waals surface area contributed by atoms with Gasteiger partial charge in [0.2, 0.25) is 0 Å². The van der Waals surface area contributed by atoms with E-state index in [2.05, 4.69) is 31.9 Å². The van der Waals surface area contributed by atoms with Gasteiger partial charge in [0, 0.05) is 4.47 Å². The van der Waals surface area contributed by atoms with Gasteiger partial charge < -0.3 is 0 Å². The number of rotatable bonds is 0. The molecule has 0 aromatic heterocycles. The molecule has 0 N–H and O–H groups in total. The van der Waals surface area contributed by atoms with Gasteiger partial charge in [-0.1, -0.05) is 17.7 Å². The molecule has 1 aromatic carbocycles. The largest absolute Gasteiger partial charge is 0.0828 e. The zero-order valence-electron chi connectivity index (χ0n) is 5.29. The van der Waals surface area contributed by atoms with Gasteiger partial charge >= 0.3 is 0 Å². The van der Waals surface area contributed by atoms with Crippen LogP contribution in [0.5, 0.6) is 0 Å². The summed E-state index contributed by atoms with van der Waals surface area (Å²) in [6, 6.07) is 3.93. The van der Waals surface area contributed by atoms with Crippen molar-refractivity contribution in [2.45, 2.75) is 6.92 Å². The molecule has 0 spiro atoms. The summed E-state index contributed by atoms with van der Waals surface area (Å²) in [5.74, 6) is 0. The molecule has 1 rings (SSSR count). The van der Waals surface area contributed by atoms with Crippen LogP contribution in [0, 0.1) is 6.92 Å². The molecule has 0 unspecified atom stereocenters. The van der Waals surface area contributed by atoms with Crippen molar-refractivity contribution in [2.75, 3.05) is 0 Å². The SMILES string of the molecule is Cc1ccc(Br)c(Br)c1Cl. The molecular formula is C7H5Br2Cl. The Morgan fingerprint density at radius 1 is 1.30 bits per heavy atom. The summed E-state index contributed by atoms with van der Waals surface area (Å²) in [7, 11) is 0. The van der Waals surface area contributed by atoms with E-state index in [4.69, 9.17) is 11.6 Å². The number of aryl methyl sites for hydroxylation is 1. The van der Waals surface area contributed by atoms with Crippen LogP contribution in [0.3, 0.4) is 0 Å². The third-order valence-electron chi connectivity index (χ3n) is 1.23. The van der Waals surface area contributed by atoms with Crippen LogP contribution in [0.15, 0.2) is 21.1 Å². The average Bonchev–Trinajstić information content (AvgIpc) is 1.93. The molecule has 10 heavy (non-hydrogen) atoms. The maximum Gasteiger partial charge on any atom is 0.0588 e. The lowest BCUT2D eigenvalue weighted by atomic mass is 10.2. The maximum absolute atomic E-state index is 5.91. The molecule has 0 radical (unpaired) electrons. The minimum atomic E-state index is 0.773. The standard InChI is InChI=1S/C7H5Br2Cl/c1-4-2-3-5(8)6(9)7(4)10/h2-3H,1H3. The topological polar surface area (TPSA) is 0 Å². The van der Waals surface area contributed by atoms with Crippen molar-refractivity contribution in [3.8, 4) is 0 Å². The highest BCUT2D eigenvalue weighted by molar-refractivity contribution is 9.13. The zero-order valence-corrected chi connectivity index (χ0v) is 9.22. The third kappa shape index (κ3) is 1.55. The van der Waals surface area contributed by atoms with Crippen molar-refractivity contribution >= 4 is 43.5 Å². The Hall–Kier alpha value is 0.470. The van der Waals surface area contributed by atoms with E-state index < -0.39 is 0 Å². The van der Waals surface area contributed by atoms with E-state index in [1.807, 2.05) is 19.1 Å². The molecule has 0 aliphatic rings. The second-order valence-corrected chi connectivity index (χ2v) is 4.02. The third-order valence-corrected chi connectivity index (χ3v) is 3.96. The van der Waals surface area contributed by atoms with Crippen LogP contribution in [-0.4, -0.2) is 0 Å². The van der Waals surface area contributed by atoms with E-state index in [0.717, 1.165) is 19.5 Å². The highest BCUT2D eigenvalue weighted by Gasteiger charge is 2.02. The van der Waals surface area contributed by atoms with Gasteiger partial charge in [-0.3, -0.25) is 0 Å². The molecule has 0 saturated heterocycles. The predicted molar refractivity (Wildman–Crippen MR) is 51.6 cm³/mol. The first-order chi connectivity index (χ1) is 4.63. The summed E-state index contributed by atoms with van der Waals surface area (Å²) in [6.07, 6.45) is 0. The highest BCUT2D eigenvalue weighted by atomic mass is 79.9. The molecule has 54 valence electrons. The van der Waals surface area contributed by atoms with E-state index >= 15 is 0 Å². The van der Waals surface area contributed by atoms with Crippen LogP contribution in [0.1, 0.15) is 5.56 Å². The van der Waals surface area contributed by atoms with Crippen LogP contribution in [-0.2, 0) is 0 Å². The summed E-state index contributed by atoms with van der Waals surface area (Å²) < 4.78 is 1.91. The molecular weight excluding hydrogens is 279 g/mol. The Morgan fingerprint density at radius 2 is 1.90 bits per heavy atom. The molecule has 0 bridgehead atoms. The van der Waals surface area contributed by atoms with Crippen molar-refractivity contribution in [3.63, 3.8) is 0 Å². The van der Waals surface area contributed by atoms with Crippen molar-refractivity contribution in [1.82, 2.24) is 0 Å². The molecule has 0 heterocycles. The molecule has 0 saturated carbocycles. The summed E-state index contributed by atoms with van der Waals surface area (Å²) in [4.78, 5) is 0. The minimum Gasteiger partial charge on any atom is -0.0828 e. The smallest absolute Gasteiger partial charge is 0.0588 e. The lowest BCUT2D eigenvalue weighted by Crippen LogP contribution is -1.77. The summed E-state index contributed by atoms with van der Waals surface area (Å²) in [6.45, 7) is 1.97. The number of hydrogen-bond donors (Lipinski definition) is 0. The van der Waals surface area contributed by atoms with Crippen LogP contribution < -0.4 is 0 Å². The fourth-order valence-corrected chi connectivity index (χ4v) is 1.68. The number of halogens is 3. The lowest BCUT2D eigenvalue weighted by molar-refractivity contribution is 1.43. The summed E-state index contributed by atoms with van der Waals surface area (Å²) in [5.41, 5.74) is 1.08. The molecule has 0 atom stereocenters. The molecule has 0 aliphatic heterocycles. The molecule has 0 nitrogen and oxygen atoms in total. The van der Waals surface area contributed by atoms with Gasteiger partial charge in [0.05, 0.1) is 9.50 Å². The molecule has 0 amide bonds.